The van der Waals surface area contributed by atoms with Crippen LogP contribution < -0.4 is 4.74 Å². The number of aliphatic carboxylic acids is 1. The second-order valence-electron chi connectivity index (χ2n) is 2.65. The Bertz CT molecular complexity index is 341. The molecule has 0 fully saturated rings. The lowest BCUT2D eigenvalue weighted by molar-refractivity contribution is -0.139. The average molecular weight is 216 g/mol. The molecule has 0 spiro atoms. The molecule has 0 unspecified atom stereocenters. The summed E-state index contributed by atoms with van der Waals surface area (Å²) < 4.78 is 5.02. The Morgan fingerprint density at radius 2 is 2.43 bits per heavy atom. The zero-order valence-electron chi connectivity index (χ0n) is 7.66. The number of carbonyl (C=O) groups is 1. The molecule has 1 rings (SSSR count). The number of nitrogens with zero attached hydrogens (tertiary/aromatic N) is 1. The number of hydrogen-bond donors (Lipinski definition) is 1. The first-order chi connectivity index (χ1) is 6.63. The summed E-state index contributed by atoms with van der Waals surface area (Å²) in [5.41, 5.74) is 0.853. The molecule has 0 aromatic carbocycles. The van der Waals surface area contributed by atoms with Crippen LogP contribution in [0.15, 0.2) is 12.3 Å². The lowest BCUT2D eigenvalue weighted by Crippen LogP contribution is -2.10. The highest BCUT2D eigenvalue weighted by atomic mass is 35.5. The number of hydrogen-bond acceptors (Lipinski definition) is 3. The van der Waals surface area contributed by atoms with Crippen molar-refractivity contribution in [3.05, 3.63) is 23.0 Å². The van der Waals surface area contributed by atoms with Crippen LogP contribution in [0.4, 0.5) is 0 Å². The fourth-order valence-corrected chi connectivity index (χ4v) is 1.18. The number of aryl methyl sites for hydroxylation is 1. The summed E-state index contributed by atoms with van der Waals surface area (Å²) in [5, 5.41) is 8.80. The molecular formula is C9H10ClNO3. The van der Waals surface area contributed by atoms with Gasteiger partial charge in [0, 0.05) is 0 Å². The number of carboxylic acid groups (broad SMARTS) is 1. The molecule has 0 bridgehead atoms. The molecule has 0 aliphatic heterocycles. The van der Waals surface area contributed by atoms with Crippen molar-refractivity contribution >= 4 is 17.6 Å². The van der Waals surface area contributed by atoms with Crippen LogP contribution in [0.1, 0.15) is 12.5 Å². The van der Waals surface area contributed by atoms with Crippen LogP contribution in [-0.2, 0) is 11.2 Å². The van der Waals surface area contributed by atoms with E-state index in [1.807, 2.05) is 6.92 Å². The van der Waals surface area contributed by atoms with E-state index in [1.54, 1.807) is 6.07 Å². The molecule has 4 nitrogen and oxygen atoms in total. The summed E-state index contributed by atoms with van der Waals surface area (Å²) in [7, 11) is 0. The SMILES string of the molecule is CCc1cc(Cl)ncc1OCC(=O)O. The normalized spacial score (nSPS) is 9.86. The van der Waals surface area contributed by atoms with E-state index in [0.717, 1.165) is 12.0 Å². The van der Waals surface area contributed by atoms with E-state index in [9.17, 15) is 4.79 Å². The van der Waals surface area contributed by atoms with Crippen molar-refractivity contribution in [2.24, 2.45) is 0 Å². The van der Waals surface area contributed by atoms with E-state index in [4.69, 9.17) is 21.4 Å². The van der Waals surface area contributed by atoms with Gasteiger partial charge in [0.05, 0.1) is 6.20 Å². The van der Waals surface area contributed by atoms with Gasteiger partial charge in [-0.1, -0.05) is 18.5 Å². The number of pyridine rings is 1. The fourth-order valence-electron chi connectivity index (χ4n) is 1.00. The van der Waals surface area contributed by atoms with E-state index in [-0.39, 0.29) is 6.61 Å². The maximum Gasteiger partial charge on any atom is 0.341 e. The van der Waals surface area contributed by atoms with E-state index in [2.05, 4.69) is 4.98 Å². The molecule has 0 aliphatic rings. The van der Waals surface area contributed by atoms with Crippen molar-refractivity contribution < 1.29 is 14.6 Å². The largest absolute Gasteiger partial charge is 0.480 e. The van der Waals surface area contributed by atoms with Gasteiger partial charge in [-0.3, -0.25) is 0 Å². The predicted molar refractivity (Wildman–Crippen MR) is 51.8 cm³/mol. The lowest BCUT2D eigenvalue weighted by Gasteiger charge is -2.07. The molecule has 1 heterocycles. The smallest absolute Gasteiger partial charge is 0.341 e. The number of rotatable bonds is 4. The summed E-state index contributed by atoms with van der Waals surface area (Å²) in [6, 6.07) is 1.67. The van der Waals surface area contributed by atoms with Crippen molar-refractivity contribution in [1.82, 2.24) is 4.98 Å². The van der Waals surface area contributed by atoms with Crippen LogP contribution in [0.25, 0.3) is 0 Å². The number of halogens is 1. The number of aromatic nitrogens is 1. The van der Waals surface area contributed by atoms with Gasteiger partial charge in [-0.2, -0.15) is 0 Å². The minimum atomic E-state index is -1.01. The maximum atomic E-state index is 10.3. The molecule has 5 heteroatoms. The van der Waals surface area contributed by atoms with Crippen LogP contribution in [-0.4, -0.2) is 22.7 Å². The molecule has 76 valence electrons. The zero-order chi connectivity index (χ0) is 10.6. The van der Waals surface area contributed by atoms with Crippen LogP contribution in [0.5, 0.6) is 5.75 Å². The number of ether oxygens (including phenoxy) is 1. The fraction of sp³-hybridized carbons (Fsp3) is 0.333. The highest BCUT2D eigenvalue weighted by molar-refractivity contribution is 6.29. The van der Waals surface area contributed by atoms with Crippen molar-refractivity contribution in [1.29, 1.82) is 0 Å². The molecule has 1 aromatic heterocycles. The third kappa shape index (κ3) is 2.88. The van der Waals surface area contributed by atoms with Crippen LogP contribution in [0.2, 0.25) is 5.15 Å². The first-order valence-corrected chi connectivity index (χ1v) is 4.50. The Morgan fingerprint density at radius 3 is 3.00 bits per heavy atom. The topological polar surface area (TPSA) is 59.4 Å². The molecule has 0 atom stereocenters. The monoisotopic (exact) mass is 215 g/mol. The Morgan fingerprint density at radius 1 is 1.71 bits per heavy atom. The summed E-state index contributed by atoms with van der Waals surface area (Å²) in [5.74, 6) is -0.540. The maximum absolute atomic E-state index is 10.3. The molecule has 0 saturated carbocycles. The molecule has 1 aromatic rings. The van der Waals surface area contributed by atoms with Gasteiger partial charge in [0.15, 0.2) is 6.61 Å². The summed E-state index contributed by atoms with van der Waals surface area (Å²) >= 11 is 5.68. The standard InChI is InChI=1S/C9H10ClNO3/c1-2-6-3-8(10)11-4-7(6)14-5-9(12)13/h3-4H,2,5H2,1H3,(H,12,13). The Hall–Kier alpha value is -1.29. The van der Waals surface area contributed by atoms with E-state index < -0.39 is 5.97 Å². The second kappa shape index (κ2) is 4.81. The van der Waals surface area contributed by atoms with Gasteiger partial charge in [-0.05, 0) is 18.1 Å². The van der Waals surface area contributed by atoms with Crippen molar-refractivity contribution in [3.8, 4) is 5.75 Å². The van der Waals surface area contributed by atoms with Gasteiger partial charge >= 0.3 is 5.97 Å². The quantitative estimate of drug-likeness (QED) is 0.778. The third-order valence-electron chi connectivity index (χ3n) is 1.65. The Labute approximate surface area is 86.5 Å². The van der Waals surface area contributed by atoms with Gasteiger partial charge in [0.25, 0.3) is 0 Å². The highest BCUT2D eigenvalue weighted by Crippen LogP contribution is 2.20. The molecule has 1 N–H and O–H groups in total. The lowest BCUT2D eigenvalue weighted by atomic mass is 10.2. The van der Waals surface area contributed by atoms with Gasteiger partial charge in [0.1, 0.15) is 10.9 Å². The van der Waals surface area contributed by atoms with Gasteiger partial charge in [-0.15, -0.1) is 0 Å². The van der Waals surface area contributed by atoms with Gasteiger partial charge in [-0.25, -0.2) is 9.78 Å². The molecule has 0 amide bonds. The van der Waals surface area contributed by atoms with Crippen molar-refractivity contribution in [3.63, 3.8) is 0 Å². The highest BCUT2D eigenvalue weighted by Gasteiger charge is 2.05. The Balaban J connectivity index is 2.80. The zero-order valence-corrected chi connectivity index (χ0v) is 8.41. The molecule has 0 saturated heterocycles. The molecule has 0 aliphatic carbocycles. The second-order valence-corrected chi connectivity index (χ2v) is 3.04. The summed E-state index contributed by atoms with van der Waals surface area (Å²) in [6.07, 6.45) is 2.15. The van der Waals surface area contributed by atoms with E-state index in [0.29, 0.717) is 10.9 Å². The van der Waals surface area contributed by atoms with Crippen LogP contribution in [0.3, 0.4) is 0 Å². The van der Waals surface area contributed by atoms with Crippen molar-refractivity contribution in [2.45, 2.75) is 13.3 Å². The van der Waals surface area contributed by atoms with E-state index in [1.165, 1.54) is 6.20 Å². The van der Waals surface area contributed by atoms with Gasteiger partial charge < -0.3 is 9.84 Å². The summed E-state index contributed by atoms with van der Waals surface area (Å²) in [4.78, 5) is 14.1. The first-order valence-electron chi connectivity index (χ1n) is 4.12. The minimum absolute atomic E-state index is 0.365. The molecule has 14 heavy (non-hydrogen) atoms. The first kappa shape index (κ1) is 10.8. The van der Waals surface area contributed by atoms with E-state index >= 15 is 0 Å². The Kier molecular flexibility index (Phi) is 3.71. The van der Waals surface area contributed by atoms with Crippen molar-refractivity contribution in [2.75, 3.05) is 6.61 Å². The molecular weight excluding hydrogens is 206 g/mol. The molecule has 0 radical (unpaired) electrons. The average Bonchev–Trinajstić information content (AvgIpc) is 2.15. The number of carboxylic acids is 1. The van der Waals surface area contributed by atoms with Crippen LogP contribution >= 0.6 is 11.6 Å². The van der Waals surface area contributed by atoms with Gasteiger partial charge in [0.2, 0.25) is 0 Å². The minimum Gasteiger partial charge on any atom is -0.480 e. The third-order valence-corrected chi connectivity index (χ3v) is 1.85. The predicted octanol–water partition coefficient (Wildman–Crippen LogP) is 1.76. The summed E-state index contributed by atoms with van der Waals surface area (Å²) in [6.45, 7) is 1.57. The van der Waals surface area contributed by atoms with Crippen LogP contribution in [0, 0.1) is 0 Å².